The lowest BCUT2D eigenvalue weighted by molar-refractivity contribution is 0.101. The zero-order valence-corrected chi connectivity index (χ0v) is 12.7. The van der Waals surface area contributed by atoms with Gasteiger partial charge in [0.25, 0.3) is 5.91 Å². The molecule has 5 heteroatoms. The second-order valence-corrected chi connectivity index (χ2v) is 4.98. The predicted molar refractivity (Wildman–Crippen MR) is 85.5 cm³/mol. The minimum absolute atomic E-state index is 0.175. The minimum atomic E-state index is -0.175. The number of carbonyl (C=O) groups excluding carboxylic acids is 1. The minimum Gasteiger partial charge on any atom is -0.344 e. The first kappa shape index (κ1) is 15.2. The summed E-state index contributed by atoms with van der Waals surface area (Å²) in [5.74, 6) is 5.45. The van der Waals surface area contributed by atoms with Crippen molar-refractivity contribution in [2.45, 2.75) is 6.92 Å². The topological polar surface area (TPSA) is 60.1 Å². The molecular weight excluding hydrogens is 286 g/mol. The molecule has 0 bridgehead atoms. The number of nitrogens with zero attached hydrogens (tertiary/aromatic N) is 1. The Kier molecular flexibility index (Phi) is 4.69. The van der Waals surface area contributed by atoms with Crippen molar-refractivity contribution in [1.29, 1.82) is 0 Å². The number of hydrogen-bond acceptors (Lipinski definition) is 2. The Balaban J connectivity index is 2.24. The van der Waals surface area contributed by atoms with E-state index in [-0.39, 0.29) is 12.5 Å². The molecule has 21 heavy (non-hydrogen) atoms. The summed E-state index contributed by atoms with van der Waals surface area (Å²) in [7, 11) is 1.85. The van der Waals surface area contributed by atoms with Gasteiger partial charge in [0.2, 0.25) is 0 Å². The van der Waals surface area contributed by atoms with Gasteiger partial charge in [-0.25, -0.2) is 0 Å². The molecule has 0 fully saturated rings. The van der Waals surface area contributed by atoms with Gasteiger partial charge in [-0.15, -0.1) is 0 Å². The summed E-state index contributed by atoms with van der Waals surface area (Å²) in [6.07, 6.45) is 0. The van der Waals surface area contributed by atoms with Crippen LogP contribution in [0.1, 0.15) is 21.7 Å². The highest BCUT2D eigenvalue weighted by atomic mass is 35.5. The quantitative estimate of drug-likeness (QED) is 0.838. The number of nitrogens with two attached hydrogens (primary N) is 1. The van der Waals surface area contributed by atoms with Gasteiger partial charge in [0, 0.05) is 24.0 Å². The molecule has 0 unspecified atom stereocenters. The lowest BCUT2D eigenvalue weighted by atomic mass is 10.2. The molecule has 0 saturated carbocycles. The van der Waals surface area contributed by atoms with Crippen molar-refractivity contribution in [3.8, 4) is 11.8 Å². The molecular formula is C16H16ClN3O. The summed E-state index contributed by atoms with van der Waals surface area (Å²) >= 11 is 6.05. The summed E-state index contributed by atoms with van der Waals surface area (Å²) in [4.78, 5) is 12.2. The maximum atomic E-state index is 12.2. The summed E-state index contributed by atoms with van der Waals surface area (Å²) in [5, 5.41) is 3.37. The van der Waals surface area contributed by atoms with E-state index in [1.165, 1.54) is 0 Å². The fourth-order valence-corrected chi connectivity index (χ4v) is 2.05. The van der Waals surface area contributed by atoms with E-state index in [1.807, 2.05) is 24.6 Å². The van der Waals surface area contributed by atoms with E-state index in [1.54, 1.807) is 24.3 Å². The second kappa shape index (κ2) is 6.49. The molecule has 4 nitrogen and oxygen atoms in total. The van der Waals surface area contributed by atoms with E-state index in [2.05, 4.69) is 17.2 Å². The van der Waals surface area contributed by atoms with E-state index in [9.17, 15) is 4.79 Å². The molecule has 0 spiro atoms. The molecule has 2 rings (SSSR count). The summed E-state index contributed by atoms with van der Waals surface area (Å²) in [6.45, 7) is 2.20. The highest BCUT2D eigenvalue weighted by Crippen LogP contribution is 2.20. The standard InChI is InChI=1S/C16H16ClN3O/c1-11-5-8-15(20(11)2)16(21)19-13-6-7-14(17)12(10-13)4-3-9-18/h5-8,10H,9,18H2,1-2H3,(H,19,21). The molecule has 1 heterocycles. The van der Waals surface area contributed by atoms with Crippen LogP contribution in [0.4, 0.5) is 5.69 Å². The lowest BCUT2D eigenvalue weighted by Gasteiger charge is -2.08. The van der Waals surface area contributed by atoms with Crippen LogP contribution in [0.2, 0.25) is 5.02 Å². The summed E-state index contributed by atoms with van der Waals surface area (Å²) in [6, 6.07) is 8.86. The van der Waals surface area contributed by atoms with Crippen molar-refractivity contribution in [2.75, 3.05) is 11.9 Å². The third-order valence-corrected chi connectivity index (χ3v) is 3.48. The van der Waals surface area contributed by atoms with Gasteiger partial charge >= 0.3 is 0 Å². The normalized spacial score (nSPS) is 9.90. The number of anilines is 1. The highest BCUT2D eigenvalue weighted by Gasteiger charge is 2.11. The van der Waals surface area contributed by atoms with Gasteiger partial charge in [0.05, 0.1) is 11.6 Å². The van der Waals surface area contributed by atoms with Gasteiger partial charge in [0.15, 0.2) is 0 Å². The average molecular weight is 302 g/mol. The van der Waals surface area contributed by atoms with Crippen molar-refractivity contribution in [1.82, 2.24) is 4.57 Å². The fraction of sp³-hybridized carbons (Fsp3) is 0.188. The number of nitrogens with one attached hydrogen (secondary N) is 1. The highest BCUT2D eigenvalue weighted by molar-refractivity contribution is 6.31. The van der Waals surface area contributed by atoms with Gasteiger partial charge in [-0.05, 0) is 37.3 Å². The van der Waals surface area contributed by atoms with Crippen molar-refractivity contribution in [3.63, 3.8) is 0 Å². The van der Waals surface area contributed by atoms with Crippen LogP contribution in [0, 0.1) is 18.8 Å². The summed E-state index contributed by atoms with van der Waals surface area (Å²) < 4.78 is 1.83. The molecule has 0 radical (unpaired) electrons. The maximum absolute atomic E-state index is 12.2. The first-order valence-electron chi connectivity index (χ1n) is 6.45. The number of carbonyl (C=O) groups is 1. The number of hydrogen-bond donors (Lipinski definition) is 2. The van der Waals surface area contributed by atoms with Gasteiger partial charge in [0.1, 0.15) is 5.69 Å². The van der Waals surface area contributed by atoms with Gasteiger partial charge in [-0.1, -0.05) is 23.4 Å². The van der Waals surface area contributed by atoms with E-state index in [0.717, 1.165) is 5.69 Å². The van der Waals surface area contributed by atoms with E-state index in [0.29, 0.717) is 22.0 Å². The lowest BCUT2D eigenvalue weighted by Crippen LogP contribution is -2.16. The maximum Gasteiger partial charge on any atom is 0.272 e. The zero-order chi connectivity index (χ0) is 15.4. The smallest absolute Gasteiger partial charge is 0.272 e. The molecule has 1 aromatic heterocycles. The molecule has 1 aromatic carbocycles. The van der Waals surface area contributed by atoms with Crippen LogP contribution in [-0.2, 0) is 7.05 Å². The van der Waals surface area contributed by atoms with Crippen molar-refractivity contribution < 1.29 is 4.79 Å². The van der Waals surface area contributed by atoms with Crippen molar-refractivity contribution in [2.24, 2.45) is 12.8 Å². The molecule has 0 aliphatic heterocycles. The van der Waals surface area contributed by atoms with Crippen LogP contribution in [0.15, 0.2) is 30.3 Å². The number of halogens is 1. The average Bonchev–Trinajstić information content (AvgIpc) is 2.79. The second-order valence-electron chi connectivity index (χ2n) is 4.57. The first-order valence-corrected chi connectivity index (χ1v) is 6.83. The molecule has 1 amide bonds. The molecule has 0 aliphatic rings. The largest absolute Gasteiger partial charge is 0.344 e. The fourth-order valence-electron chi connectivity index (χ4n) is 1.88. The van der Waals surface area contributed by atoms with Gasteiger partial charge in [-0.3, -0.25) is 4.79 Å². The Labute approximate surface area is 128 Å². The molecule has 2 aromatic rings. The van der Waals surface area contributed by atoms with E-state index >= 15 is 0 Å². The molecule has 108 valence electrons. The Morgan fingerprint density at radius 1 is 1.38 bits per heavy atom. The van der Waals surface area contributed by atoms with Gasteiger partial charge < -0.3 is 15.6 Å². The predicted octanol–water partition coefficient (Wildman–Crippen LogP) is 2.55. The van der Waals surface area contributed by atoms with Gasteiger partial charge in [-0.2, -0.15) is 0 Å². The molecule has 3 N–H and O–H groups in total. The first-order chi connectivity index (χ1) is 10.0. The van der Waals surface area contributed by atoms with E-state index < -0.39 is 0 Å². The van der Waals surface area contributed by atoms with Crippen LogP contribution in [-0.4, -0.2) is 17.0 Å². The SMILES string of the molecule is Cc1ccc(C(=O)Nc2ccc(Cl)c(C#CCN)c2)n1C. The van der Waals surface area contributed by atoms with Crippen LogP contribution in [0.25, 0.3) is 0 Å². The number of benzene rings is 1. The van der Waals surface area contributed by atoms with Crippen LogP contribution in [0.5, 0.6) is 0 Å². The Hall–Kier alpha value is -2.22. The molecule has 0 atom stereocenters. The zero-order valence-electron chi connectivity index (χ0n) is 11.9. The molecule has 0 saturated heterocycles. The Morgan fingerprint density at radius 2 is 2.14 bits per heavy atom. The third kappa shape index (κ3) is 3.46. The number of rotatable bonds is 2. The van der Waals surface area contributed by atoms with Crippen LogP contribution in [0.3, 0.4) is 0 Å². The Morgan fingerprint density at radius 3 is 2.76 bits per heavy atom. The Bertz CT molecular complexity index is 738. The van der Waals surface area contributed by atoms with E-state index in [4.69, 9.17) is 17.3 Å². The molecule has 0 aliphatic carbocycles. The number of aromatic nitrogens is 1. The number of amides is 1. The third-order valence-electron chi connectivity index (χ3n) is 3.15. The number of aryl methyl sites for hydroxylation is 1. The van der Waals surface area contributed by atoms with Crippen molar-refractivity contribution >= 4 is 23.2 Å². The van der Waals surface area contributed by atoms with Crippen molar-refractivity contribution in [3.05, 3.63) is 52.3 Å². The summed E-state index contributed by atoms with van der Waals surface area (Å²) in [5.41, 5.74) is 8.25. The monoisotopic (exact) mass is 301 g/mol. The van der Waals surface area contributed by atoms with Crippen LogP contribution < -0.4 is 11.1 Å². The van der Waals surface area contributed by atoms with Crippen LogP contribution >= 0.6 is 11.6 Å².